The average Bonchev–Trinajstić information content (AvgIpc) is 2.42. The lowest BCUT2D eigenvalue weighted by molar-refractivity contribution is 0.102. The Morgan fingerprint density at radius 3 is 2.61 bits per heavy atom. The van der Waals surface area contributed by atoms with Gasteiger partial charge in [0.15, 0.2) is 0 Å². The first-order valence-corrected chi connectivity index (χ1v) is 5.75. The number of carbonyl (C=O) groups is 1. The molecule has 0 saturated carbocycles. The molecule has 0 radical (unpaired) electrons. The molecule has 2 aromatic rings. The summed E-state index contributed by atoms with van der Waals surface area (Å²) in [5, 5.41) is 5.98. The summed E-state index contributed by atoms with van der Waals surface area (Å²) in [5.74, 6) is -0.124. The van der Waals surface area contributed by atoms with Crippen molar-refractivity contribution in [2.24, 2.45) is 0 Å². The Labute approximate surface area is 106 Å². The van der Waals surface area contributed by atoms with Crippen LogP contribution in [-0.4, -0.2) is 17.9 Å². The van der Waals surface area contributed by atoms with Crippen LogP contribution in [0.25, 0.3) is 0 Å². The van der Waals surface area contributed by atoms with E-state index in [0.29, 0.717) is 12.1 Å². The van der Waals surface area contributed by atoms with Gasteiger partial charge in [0.1, 0.15) is 0 Å². The number of benzene rings is 1. The van der Waals surface area contributed by atoms with Crippen molar-refractivity contribution in [2.45, 2.75) is 6.54 Å². The number of para-hydroxylation sites is 1. The first kappa shape index (κ1) is 12.3. The SMILES string of the molecule is CNCc1ccccc1NC(=O)c1ccncc1. The van der Waals surface area contributed by atoms with Crippen LogP contribution in [-0.2, 0) is 6.54 Å². The number of aromatic nitrogens is 1. The maximum absolute atomic E-state index is 12.0. The fraction of sp³-hybridized carbons (Fsp3) is 0.143. The van der Waals surface area contributed by atoms with Gasteiger partial charge in [-0.25, -0.2) is 0 Å². The topological polar surface area (TPSA) is 54.0 Å². The molecule has 1 heterocycles. The Balaban J connectivity index is 2.17. The van der Waals surface area contributed by atoms with Crippen molar-refractivity contribution >= 4 is 11.6 Å². The number of anilines is 1. The van der Waals surface area contributed by atoms with E-state index in [-0.39, 0.29) is 5.91 Å². The highest BCUT2D eigenvalue weighted by atomic mass is 16.1. The second kappa shape index (κ2) is 5.93. The van der Waals surface area contributed by atoms with Gasteiger partial charge in [-0.15, -0.1) is 0 Å². The normalized spacial score (nSPS) is 10.1. The van der Waals surface area contributed by atoms with Gasteiger partial charge in [0.25, 0.3) is 5.91 Å². The molecule has 0 saturated heterocycles. The summed E-state index contributed by atoms with van der Waals surface area (Å²) in [6.45, 7) is 0.715. The fourth-order valence-electron chi connectivity index (χ4n) is 1.68. The Hall–Kier alpha value is -2.20. The number of rotatable bonds is 4. The Kier molecular flexibility index (Phi) is 4.04. The zero-order valence-electron chi connectivity index (χ0n) is 10.2. The van der Waals surface area contributed by atoms with Crippen LogP contribution in [0.3, 0.4) is 0 Å². The van der Waals surface area contributed by atoms with E-state index in [0.717, 1.165) is 11.3 Å². The third kappa shape index (κ3) is 2.93. The monoisotopic (exact) mass is 241 g/mol. The van der Waals surface area contributed by atoms with E-state index in [2.05, 4.69) is 15.6 Å². The van der Waals surface area contributed by atoms with E-state index in [4.69, 9.17) is 0 Å². The molecule has 18 heavy (non-hydrogen) atoms. The molecule has 4 nitrogen and oxygen atoms in total. The molecular weight excluding hydrogens is 226 g/mol. The van der Waals surface area contributed by atoms with Gasteiger partial charge < -0.3 is 10.6 Å². The fourth-order valence-corrected chi connectivity index (χ4v) is 1.68. The van der Waals surface area contributed by atoms with Crippen LogP contribution < -0.4 is 10.6 Å². The van der Waals surface area contributed by atoms with E-state index >= 15 is 0 Å². The Bertz CT molecular complexity index is 526. The van der Waals surface area contributed by atoms with Crippen molar-refractivity contribution in [1.82, 2.24) is 10.3 Å². The summed E-state index contributed by atoms with van der Waals surface area (Å²) in [6, 6.07) is 11.1. The molecule has 0 aliphatic heterocycles. The van der Waals surface area contributed by atoms with E-state index < -0.39 is 0 Å². The quantitative estimate of drug-likeness (QED) is 0.861. The molecule has 0 fully saturated rings. The molecule has 0 aliphatic rings. The van der Waals surface area contributed by atoms with Gasteiger partial charge in [0.05, 0.1) is 0 Å². The summed E-state index contributed by atoms with van der Waals surface area (Å²) in [7, 11) is 1.88. The highest BCUT2D eigenvalue weighted by Crippen LogP contribution is 2.15. The molecule has 0 aliphatic carbocycles. The smallest absolute Gasteiger partial charge is 0.255 e. The van der Waals surface area contributed by atoms with Crippen molar-refractivity contribution in [2.75, 3.05) is 12.4 Å². The summed E-state index contributed by atoms with van der Waals surface area (Å²) in [6.07, 6.45) is 3.21. The lowest BCUT2D eigenvalue weighted by Gasteiger charge is -2.10. The van der Waals surface area contributed by atoms with Crippen LogP contribution in [0.15, 0.2) is 48.8 Å². The molecular formula is C14H15N3O. The second-order valence-electron chi connectivity index (χ2n) is 3.88. The zero-order chi connectivity index (χ0) is 12.8. The number of amides is 1. The number of pyridine rings is 1. The number of nitrogens with zero attached hydrogens (tertiary/aromatic N) is 1. The van der Waals surface area contributed by atoms with Crippen LogP contribution >= 0.6 is 0 Å². The predicted octanol–water partition coefficient (Wildman–Crippen LogP) is 2.05. The van der Waals surface area contributed by atoms with Gasteiger partial charge in [-0.3, -0.25) is 9.78 Å². The van der Waals surface area contributed by atoms with E-state index in [1.54, 1.807) is 24.5 Å². The van der Waals surface area contributed by atoms with Gasteiger partial charge in [0, 0.05) is 30.2 Å². The molecule has 1 aromatic carbocycles. The first-order chi connectivity index (χ1) is 8.81. The highest BCUT2D eigenvalue weighted by molar-refractivity contribution is 6.04. The summed E-state index contributed by atoms with van der Waals surface area (Å²) in [5.41, 5.74) is 2.49. The number of hydrogen-bond acceptors (Lipinski definition) is 3. The molecule has 1 aromatic heterocycles. The van der Waals surface area contributed by atoms with E-state index in [9.17, 15) is 4.79 Å². The van der Waals surface area contributed by atoms with Gasteiger partial charge in [-0.1, -0.05) is 18.2 Å². The molecule has 92 valence electrons. The van der Waals surface area contributed by atoms with Crippen LogP contribution in [0.2, 0.25) is 0 Å². The standard InChI is InChI=1S/C14H15N3O/c1-15-10-12-4-2-3-5-13(12)17-14(18)11-6-8-16-9-7-11/h2-9,15H,10H2,1H3,(H,17,18). The minimum Gasteiger partial charge on any atom is -0.322 e. The molecule has 0 atom stereocenters. The van der Waals surface area contributed by atoms with Gasteiger partial charge in [-0.05, 0) is 30.8 Å². The maximum Gasteiger partial charge on any atom is 0.255 e. The van der Waals surface area contributed by atoms with Crippen molar-refractivity contribution in [3.63, 3.8) is 0 Å². The molecule has 1 amide bonds. The lowest BCUT2D eigenvalue weighted by Crippen LogP contribution is -2.15. The zero-order valence-corrected chi connectivity index (χ0v) is 10.2. The third-order valence-corrected chi connectivity index (χ3v) is 2.58. The molecule has 0 spiro atoms. The molecule has 0 unspecified atom stereocenters. The lowest BCUT2D eigenvalue weighted by atomic mass is 10.1. The Morgan fingerprint density at radius 2 is 1.89 bits per heavy atom. The number of hydrogen-bond donors (Lipinski definition) is 2. The second-order valence-corrected chi connectivity index (χ2v) is 3.88. The molecule has 2 rings (SSSR count). The molecule has 2 N–H and O–H groups in total. The molecule has 4 heteroatoms. The van der Waals surface area contributed by atoms with Crippen molar-refractivity contribution in [3.8, 4) is 0 Å². The van der Waals surface area contributed by atoms with Crippen LogP contribution in [0.5, 0.6) is 0 Å². The van der Waals surface area contributed by atoms with Gasteiger partial charge >= 0.3 is 0 Å². The van der Waals surface area contributed by atoms with Crippen molar-refractivity contribution in [1.29, 1.82) is 0 Å². The highest BCUT2D eigenvalue weighted by Gasteiger charge is 2.07. The minimum absolute atomic E-state index is 0.124. The van der Waals surface area contributed by atoms with E-state index in [1.165, 1.54) is 0 Å². The number of carbonyl (C=O) groups excluding carboxylic acids is 1. The van der Waals surface area contributed by atoms with E-state index in [1.807, 2.05) is 31.3 Å². The third-order valence-electron chi connectivity index (χ3n) is 2.58. The van der Waals surface area contributed by atoms with Crippen molar-refractivity contribution < 1.29 is 4.79 Å². The minimum atomic E-state index is -0.124. The first-order valence-electron chi connectivity index (χ1n) is 5.75. The van der Waals surface area contributed by atoms with Gasteiger partial charge in [0.2, 0.25) is 0 Å². The maximum atomic E-state index is 12.0. The largest absolute Gasteiger partial charge is 0.322 e. The average molecular weight is 241 g/mol. The van der Waals surface area contributed by atoms with Crippen LogP contribution in [0.4, 0.5) is 5.69 Å². The molecule has 0 bridgehead atoms. The number of nitrogens with one attached hydrogen (secondary N) is 2. The summed E-state index contributed by atoms with van der Waals surface area (Å²) >= 11 is 0. The summed E-state index contributed by atoms with van der Waals surface area (Å²) in [4.78, 5) is 15.9. The van der Waals surface area contributed by atoms with Crippen LogP contribution in [0.1, 0.15) is 15.9 Å². The summed E-state index contributed by atoms with van der Waals surface area (Å²) < 4.78 is 0. The Morgan fingerprint density at radius 1 is 1.17 bits per heavy atom. The van der Waals surface area contributed by atoms with Crippen molar-refractivity contribution in [3.05, 3.63) is 59.9 Å². The van der Waals surface area contributed by atoms with Crippen LogP contribution in [0, 0.1) is 0 Å². The van der Waals surface area contributed by atoms with Gasteiger partial charge in [-0.2, -0.15) is 0 Å². The predicted molar refractivity (Wildman–Crippen MR) is 71.4 cm³/mol.